The fraction of sp³-hybridized carbons (Fsp3) is 0.346. The van der Waals surface area contributed by atoms with Gasteiger partial charge in [-0.3, -0.25) is 14.4 Å². The molecule has 1 aliphatic rings. The van der Waals surface area contributed by atoms with Crippen molar-refractivity contribution in [3.63, 3.8) is 0 Å². The molecule has 0 aliphatic heterocycles. The minimum Gasteiger partial charge on any atom is -0.459 e. The number of hydrogen-bond acceptors (Lipinski definition) is 6. The van der Waals surface area contributed by atoms with Crippen molar-refractivity contribution in [3.05, 3.63) is 85.1 Å². The molecule has 0 radical (unpaired) electrons. The van der Waals surface area contributed by atoms with Gasteiger partial charge in [0.25, 0.3) is 11.5 Å². The topological polar surface area (TPSA) is 112 Å². The van der Waals surface area contributed by atoms with E-state index in [-0.39, 0.29) is 23.6 Å². The summed E-state index contributed by atoms with van der Waals surface area (Å²) in [6, 6.07) is 8.33. The Bertz CT molecular complexity index is 1400. The van der Waals surface area contributed by atoms with Crippen molar-refractivity contribution in [2.24, 2.45) is 0 Å². The number of benzene rings is 1. The van der Waals surface area contributed by atoms with Gasteiger partial charge in [-0.1, -0.05) is 35.9 Å². The number of nitrogens with one attached hydrogen (secondary N) is 1. The molecule has 0 atom stereocenters. The number of aromatic nitrogens is 1. The van der Waals surface area contributed by atoms with Gasteiger partial charge in [0.15, 0.2) is 9.84 Å². The molecule has 0 fully saturated rings. The summed E-state index contributed by atoms with van der Waals surface area (Å²) in [4.78, 5) is 39.2. The van der Waals surface area contributed by atoms with E-state index in [2.05, 4.69) is 5.32 Å². The molecular formula is C26H29ClN2O6S. The fourth-order valence-electron chi connectivity index (χ4n) is 3.73. The highest BCUT2D eigenvalue weighted by molar-refractivity contribution is 7.94. The average Bonchev–Trinajstić information content (AvgIpc) is 2.74. The lowest BCUT2D eigenvalue weighted by molar-refractivity contribution is -0.155. The maximum absolute atomic E-state index is 13.4. The van der Waals surface area contributed by atoms with Crippen LogP contribution in [0.15, 0.2) is 52.2 Å². The van der Waals surface area contributed by atoms with E-state index >= 15 is 0 Å². The summed E-state index contributed by atoms with van der Waals surface area (Å²) < 4.78 is 30.8. The Kier molecular flexibility index (Phi) is 8.26. The molecule has 1 amide bonds. The minimum absolute atomic E-state index is 0.145. The third-order valence-electron chi connectivity index (χ3n) is 5.33. The van der Waals surface area contributed by atoms with Gasteiger partial charge in [-0.2, -0.15) is 0 Å². The average molecular weight is 533 g/mol. The molecule has 0 unspecified atom stereocenters. The van der Waals surface area contributed by atoms with Gasteiger partial charge in [0.1, 0.15) is 17.7 Å². The molecule has 1 aromatic heterocycles. The van der Waals surface area contributed by atoms with Crippen molar-refractivity contribution in [2.75, 3.05) is 6.26 Å². The summed E-state index contributed by atoms with van der Waals surface area (Å²) in [6.07, 6.45) is 6.29. The highest BCUT2D eigenvalue weighted by atomic mass is 35.5. The Morgan fingerprint density at radius 2 is 1.81 bits per heavy atom. The zero-order valence-corrected chi connectivity index (χ0v) is 22.2. The summed E-state index contributed by atoms with van der Waals surface area (Å²) >= 11 is 5.90. The predicted octanol–water partition coefficient (Wildman–Crippen LogP) is 3.66. The number of hydrogen-bond donors (Lipinski definition) is 1. The van der Waals surface area contributed by atoms with Gasteiger partial charge in [-0.15, -0.1) is 0 Å². The number of allylic oxidation sites excluding steroid dienone is 2. The van der Waals surface area contributed by atoms with E-state index in [1.807, 2.05) is 0 Å². The zero-order valence-electron chi connectivity index (χ0n) is 20.6. The first-order valence-electron chi connectivity index (χ1n) is 11.3. The summed E-state index contributed by atoms with van der Waals surface area (Å²) in [5.74, 6) is -1.24. The first-order valence-corrected chi connectivity index (χ1v) is 13.6. The Hall–Kier alpha value is -3.17. The molecule has 0 spiro atoms. The third-order valence-corrected chi connectivity index (χ3v) is 6.75. The van der Waals surface area contributed by atoms with Crippen LogP contribution in [0.3, 0.4) is 0 Å². The largest absolute Gasteiger partial charge is 0.459 e. The molecule has 1 aromatic carbocycles. The SMILES string of the molecule is CC(C)(C)OC(=O)Cn1c2c(cc(C(=O)NCc3ccc(Cl)cc3)c1=O)C=CC(S(C)(=O)=O)=CCC2. The highest BCUT2D eigenvalue weighted by Crippen LogP contribution is 2.21. The van der Waals surface area contributed by atoms with E-state index in [0.717, 1.165) is 11.8 Å². The van der Waals surface area contributed by atoms with Crippen LogP contribution in [-0.2, 0) is 38.9 Å². The Morgan fingerprint density at radius 1 is 1.14 bits per heavy atom. The van der Waals surface area contributed by atoms with Crippen molar-refractivity contribution in [3.8, 4) is 0 Å². The number of sulfone groups is 1. The maximum atomic E-state index is 13.4. The first kappa shape index (κ1) is 27.4. The Morgan fingerprint density at radius 3 is 2.42 bits per heavy atom. The third kappa shape index (κ3) is 7.18. The zero-order chi connectivity index (χ0) is 26.7. The molecule has 2 aromatic rings. The molecule has 1 aliphatic carbocycles. The van der Waals surface area contributed by atoms with Crippen LogP contribution in [0, 0.1) is 0 Å². The van der Waals surface area contributed by atoms with Gasteiger partial charge < -0.3 is 14.6 Å². The Balaban J connectivity index is 2.03. The van der Waals surface area contributed by atoms with Crippen LogP contribution < -0.4 is 10.9 Å². The lowest BCUT2D eigenvalue weighted by atomic mass is 10.0. The molecular weight excluding hydrogens is 504 g/mol. The fourth-order valence-corrected chi connectivity index (χ4v) is 4.59. The van der Waals surface area contributed by atoms with Gasteiger partial charge in [0.2, 0.25) is 0 Å². The lowest BCUT2D eigenvalue weighted by Gasteiger charge is -2.22. The summed E-state index contributed by atoms with van der Waals surface area (Å²) in [6.45, 7) is 4.94. The number of carbonyl (C=O) groups is 2. The van der Waals surface area contributed by atoms with Crippen molar-refractivity contribution >= 4 is 39.4 Å². The van der Waals surface area contributed by atoms with Crippen LogP contribution >= 0.6 is 11.6 Å². The molecule has 0 saturated heterocycles. The van der Waals surface area contributed by atoms with Gasteiger partial charge in [0.05, 0.1) is 4.91 Å². The van der Waals surface area contributed by atoms with Crippen molar-refractivity contribution in [1.29, 1.82) is 0 Å². The number of carbonyl (C=O) groups excluding carboxylic acids is 2. The number of ether oxygens (including phenoxy) is 1. The molecule has 0 bridgehead atoms. The van der Waals surface area contributed by atoms with E-state index < -0.39 is 32.9 Å². The molecule has 1 N–H and O–H groups in total. The minimum atomic E-state index is -3.45. The van der Waals surface area contributed by atoms with E-state index in [1.165, 1.54) is 16.7 Å². The molecule has 10 heteroatoms. The second kappa shape index (κ2) is 10.8. The van der Waals surface area contributed by atoms with Crippen LogP contribution in [0.5, 0.6) is 0 Å². The van der Waals surface area contributed by atoms with Crippen LogP contribution in [0.4, 0.5) is 0 Å². The highest BCUT2D eigenvalue weighted by Gasteiger charge is 2.23. The van der Waals surface area contributed by atoms with Crippen LogP contribution in [-0.4, -0.2) is 36.7 Å². The van der Waals surface area contributed by atoms with Gasteiger partial charge >= 0.3 is 5.97 Å². The lowest BCUT2D eigenvalue weighted by Crippen LogP contribution is -2.37. The monoisotopic (exact) mass is 532 g/mol. The van der Waals surface area contributed by atoms with Crippen LogP contribution in [0.2, 0.25) is 5.02 Å². The molecule has 1 heterocycles. The van der Waals surface area contributed by atoms with Crippen molar-refractivity contribution in [1.82, 2.24) is 9.88 Å². The number of halogens is 1. The number of pyridine rings is 1. The predicted molar refractivity (Wildman–Crippen MR) is 139 cm³/mol. The number of amides is 1. The summed E-state index contributed by atoms with van der Waals surface area (Å²) in [5, 5.41) is 3.28. The number of rotatable bonds is 6. The normalized spacial score (nSPS) is 13.8. The van der Waals surface area contributed by atoms with E-state index in [9.17, 15) is 22.8 Å². The van der Waals surface area contributed by atoms with Crippen molar-refractivity contribution in [2.45, 2.75) is 52.3 Å². The summed E-state index contributed by atoms with van der Waals surface area (Å²) in [5.41, 5.74) is 0.228. The molecule has 8 nitrogen and oxygen atoms in total. The van der Waals surface area contributed by atoms with E-state index in [0.29, 0.717) is 29.1 Å². The molecule has 0 saturated carbocycles. The van der Waals surface area contributed by atoms with Crippen molar-refractivity contribution < 1.29 is 22.7 Å². The maximum Gasteiger partial charge on any atom is 0.326 e. The second-order valence-electron chi connectivity index (χ2n) is 9.50. The Labute approximate surface area is 215 Å². The summed E-state index contributed by atoms with van der Waals surface area (Å²) in [7, 11) is -3.45. The first-order chi connectivity index (χ1) is 16.7. The molecule has 3 rings (SSSR count). The van der Waals surface area contributed by atoms with E-state index in [1.54, 1.807) is 57.2 Å². The second-order valence-corrected chi connectivity index (χ2v) is 11.9. The van der Waals surface area contributed by atoms with E-state index in [4.69, 9.17) is 16.3 Å². The van der Waals surface area contributed by atoms with Gasteiger partial charge in [-0.05, 0) is 69.0 Å². The quantitative estimate of drug-likeness (QED) is 0.568. The number of fused-ring (bicyclic) bond motifs is 1. The standard InChI is InChI=1S/C26H29ClN2O6S/c1-26(2,3)35-23(30)16-29-22-7-5-6-20(36(4,33)34)13-10-18(22)14-21(25(29)32)24(31)28-15-17-8-11-19(27)12-9-17/h6,8-14H,5,7,15-16H2,1-4H3,(H,28,31). The van der Waals surface area contributed by atoms with Gasteiger partial charge in [-0.25, -0.2) is 8.42 Å². The molecule has 36 heavy (non-hydrogen) atoms. The molecule has 192 valence electrons. The number of nitrogens with zero attached hydrogens (tertiary/aromatic N) is 1. The van der Waals surface area contributed by atoms with Crippen LogP contribution in [0.25, 0.3) is 6.08 Å². The number of esters is 1. The van der Waals surface area contributed by atoms with Crippen LogP contribution in [0.1, 0.15) is 54.4 Å². The smallest absolute Gasteiger partial charge is 0.326 e. The van der Waals surface area contributed by atoms with Gasteiger partial charge in [0, 0.05) is 23.5 Å².